The number of aryl methyl sites for hydroxylation is 1. The summed E-state index contributed by atoms with van der Waals surface area (Å²) >= 11 is 0. The molecule has 3 heteroatoms. The minimum Gasteiger partial charge on any atom is -0.496 e. The van der Waals surface area contributed by atoms with Gasteiger partial charge in [0.05, 0.1) is 14.2 Å². The van der Waals surface area contributed by atoms with Crippen molar-refractivity contribution < 1.29 is 9.47 Å². The molecule has 1 rings (SSSR count). The van der Waals surface area contributed by atoms with Crippen LogP contribution in [0.15, 0.2) is 12.1 Å². The first-order chi connectivity index (χ1) is 7.51. The van der Waals surface area contributed by atoms with Crippen LogP contribution in [0.2, 0.25) is 0 Å². The fourth-order valence-corrected chi connectivity index (χ4v) is 1.69. The summed E-state index contributed by atoms with van der Waals surface area (Å²) in [5, 5.41) is 0. The maximum atomic E-state index is 6.15. The average Bonchev–Trinajstić information content (AvgIpc) is 2.27. The monoisotopic (exact) mass is 223 g/mol. The SMILES string of the molecule is COc1cc(C(N)C(C)C)c(OC)cc1C. The molecule has 0 radical (unpaired) electrons. The molecule has 0 bridgehead atoms. The minimum absolute atomic E-state index is 0.0375. The maximum absolute atomic E-state index is 6.15. The van der Waals surface area contributed by atoms with E-state index in [2.05, 4.69) is 13.8 Å². The van der Waals surface area contributed by atoms with Crippen LogP contribution in [0.5, 0.6) is 11.5 Å². The molecule has 0 heterocycles. The molecule has 0 saturated carbocycles. The van der Waals surface area contributed by atoms with E-state index in [0.29, 0.717) is 5.92 Å². The van der Waals surface area contributed by atoms with E-state index in [-0.39, 0.29) is 6.04 Å². The average molecular weight is 223 g/mol. The fraction of sp³-hybridized carbons (Fsp3) is 0.538. The van der Waals surface area contributed by atoms with Crippen molar-refractivity contribution in [3.8, 4) is 11.5 Å². The van der Waals surface area contributed by atoms with Gasteiger partial charge in [-0.25, -0.2) is 0 Å². The molecule has 1 unspecified atom stereocenters. The van der Waals surface area contributed by atoms with Crippen molar-refractivity contribution in [2.75, 3.05) is 14.2 Å². The summed E-state index contributed by atoms with van der Waals surface area (Å²) in [6, 6.07) is 3.90. The summed E-state index contributed by atoms with van der Waals surface area (Å²) in [7, 11) is 3.33. The highest BCUT2D eigenvalue weighted by atomic mass is 16.5. The Labute approximate surface area is 97.6 Å². The van der Waals surface area contributed by atoms with Crippen molar-refractivity contribution in [3.63, 3.8) is 0 Å². The predicted molar refractivity (Wildman–Crippen MR) is 66.0 cm³/mol. The van der Waals surface area contributed by atoms with Crippen LogP contribution >= 0.6 is 0 Å². The summed E-state index contributed by atoms with van der Waals surface area (Å²) in [6.07, 6.45) is 0. The molecule has 16 heavy (non-hydrogen) atoms. The molecule has 0 saturated heterocycles. The molecule has 0 aromatic heterocycles. The molecule has 0 fully saturated rings. The Balaban J connectivity index is 3.24. The molecule has 1 atom stereocenters. The molecular weight excluding hydrogens is 202 g/mol. The largest absolute Gasteiger partial charge is 0.496 e. The summed E-state index contributed by atoms with van der Waals surface area (Å²) in [4.78, 5) is 0. The fourth-order valence-electron chi connectivity index (χ4n) is 1.69. The number of ether oxygens (including phenoxy) is 2. The van der Waals surface area contributed by atoms with Gasteiger partial charge >= 0.3 is 0 Å². The molecule has 90 valence electrons. The quantitative estimate of drug-likeness (QED) is 0.853. The van der Waals surface area contributed by atoms with Gasteiger partial charge < -0.3 is 15.2 Å². The van der Waals surface area contributed by atoms with Gasteiger partial charge in [-0.1, -0.05) is 13.8 Å². The number of hydrogen-bond acceptors (Lipinski definition) is 3. The van der Waals surface area contributed by atoms with Gasteiger partial charge in [-0.15, -0.1) is 0 Å². The molecule has 0 aliphatic carbocycles. The summed E-state index contributed by atoms with van der Waals surface area (Å²) in [5.74, 6) is 2.05. The van der Waals surface area contributed by atoms with Crippen LogP contribution in [0.1, 0.15) is 31.0 Å². The number of hydrogen-bond donors (Lipinski definition) is 1. The van der Waals surface area contributed by atoms with Crippen molar-refractivity contribution in [2.45, 2.75) is 26.8 Å². The van der Waals surface area contributed by atoms with E-state index in [0.717, 1.165) is 22.6 Å². The third kappa shape index (κ3) is 2.47. The first-order valence-corrected chi connectivity index (χ1v) is 5.49. The summed E-state index contributed by atoms with van der Waals surface area (Å²) < 4.78 is 10.7. The zero-order valence-electron chi connectivity index (χ0n) is 10.7. The molecule has 0 amide bonds. The Hall–Kier alpha value is -1.22. The Morgan fingerprint density at radius 3 is 2.06 bits per heavy atom. The minimum atomic E-state index is -0.0375. The van der Waals surface area contributed by atoms with Gasteiger partial charge in [-0.05, 0) is 30.5 Å². The third-order valence-electron chi connectivity index (χ3n) is 2.82. The van der Waals surface area contributed by atoms with Crippen molar-refractivity contribution in [3.05, 3.63) is 23.3 Å². The van der Waals surface area contributed by atoms with Gasteiger partial charge in [-0.2, -0.15) is 0 Å². The van der Waals surface area contributed by atoms with E-state index >= 15 is 0 Å². The lowest BCUT2D eigenvalue weighted by Crippen LogP contribution is -2.17. The summed E-state index contributed by atoms with van der Waals surface area (Å²) in [6.45, 7) is 6.18. The Morgan fingerprint density at radius 2 is 1.62 bits per heavy atom. The lowest BCUT2D eigenvalue weighted by atomic mass is 9.95. The second-order valence-electron chi connectivity index (χ2n) is 4.33. The van der Waals surface area contributed by atoms with Crippen LogP contribution < -0.4 is 15.2 Å². The first-order valence-electron chi connectivity index (χ1n) is 5.49. The predicted octanol–water partition coefficient (Wildman–Crippen LogP) is 2.67. The number of nitrogens with two attached hydrogens (primary N) is 1. The van der Waals surface area contributed by atoms with Crippen LogP contribution in [0, 0.1) is 12.8 Å². The van der Waals surface area contributed by atoms with Crippen LogP contribution in [-0.4, -0.2) is 14.2 Å². The zero-order chi connectivity index (χ0) is 12.3. The highest BCUT2D eigenvalue weighted by Gasteiger charge is 2.17. The smallest absolute Gasteiger partial charge is 0.124 e. The van der Waals surface area contributed by atoms with E-state index in [1.807, 2.05) is 19.1 Å². The van der Waals surface area contributed by atoms with Gasteiger partial charge in [0.25, 0.3) is 0 Å². The van der Waals surface area contributed by atoms with E-state index < -0.39 is 0 Å². The number of methoxy groups -OCH3 is 2. The van der Waals surface area contributed by atoms with Crippen LogP contribution in [0.25, 0.3) is 0 Å². The molecule has 1 aromatic rings. The molecule has 0 aliphatic heterocycles. The number of rotatable bonds is 4. The zero-order valence-corrected chi connectivity index (χ0v) is 10.7. The van der Waals surface area contributed by atoms with Crippen LogP contribution in [0.3, 0.4) is 0 Å². The molecule has 0 aliphatic rings. The van der Waals surface area contributed by atoms with Gasteiger partial charge in [0.1, 0.15) is 11.5 Å². The van der Waals surface area contributed by atoms with Gasteiger partial charge in [0.2, 0.25) is 0 Å². The Kier molecular flexibility index (Phi) is 4.19. The lowest BCUT2D eigenvalue weighted by molar-refractivity contribution is 0.385. The maximum Gasteiger partial charge on any atom is 0.124 e. The lowest BCUT2D eigenvalue weighted by Gasteiger charge is -2.20. The Bertz CT molecular complexity index is 361. The van der Waals surface area contributed by atoms with Crippen molar-refractivity contribution >= 4 is 0 Å². The molecule has 1 aromatic carbocycles. The second kappa shape index (κ2) is 5.21. The van der Waals surface area contributed by atoms with E-state index in [4.69, 9.17) is 15.2 Å². The van der Waals surface area contributed by atoms with E-state index in [9.17, 15) is 0 Å². The molecule has 0 spiro atoms. The standard InChI is InChI=1S/C13H21NO2/c1-8(2)13(14)10-7-11(15-4)9(3)6-12(10)16-5/h6-8,13H,14H2,1-5H3. The van der Waals surface area contributed by atoms with Crippen LogP contribution in [-0.2, 0) is 0 Å². The molecule has 2 N–H and O–H groups in total. The van der Waals surface area contributed by atoms with Crippen molar-refractivity contribution in [2.24, 2.45) is 11.7 Å². The normalized spacial score (nSPS) is 12.7. The third-order valence-corrected chi connectivity index (χ3v) is 2.82. The molecular formula is C13H21NO2. The molecule has 3 nitrogen and oxygen atoms in total. The highest BCUT2D eigenvalue weighted by molar-refractivity contribution is 5.47. The van der Waals surface area contributed by atoms with Gasteiger partial charge in [0.15, 0.2) is 0 Å². The van der Waals surface area contributed by atoms with Gasteiger partial charge in [0, 0.05) is 11.6 Å². The van der Waals surface area contributed by atoms with Gasteiger partial charge in [-0.3, -0.25) is 0 Å². The number of benzene rings is 1. The Morgan fingerprint density at radius 1 is 1.06 bits per heavy atom. The highest BCUT2D eigenvalue weighted by Crippen LogP contribution is 2.34. The second-order valence-corrected chi connectivity index (χ2v) is 4.33. The topological polar surface area (TPSA) is 44.5 Å². The van der Waals surface area contributed by atoms with Crippen LogP contribution in [0.4, 0.5) is 0 Å². The first kappa shape index (κ1) is 12.8. The van der Waals surface area contributed by atoms with Crippen molar-refractivity contribution in [1.29, 1.82) is 0 Å². The van der Waals surface area contributed by atoms with E-state index in [1.165, 1.54) is 0 Å². The summed E-state index contributed by atoms with van der Waals surface area (Å²) in [5.41, 5.74) is 8.21. The van der Waals surface area contributed by atoms with Crippen molar-refractivity contribution in [1.82, 2.24) is 0 Å². The van der Waals surface area contributed by atoms with E-state index in [1.54, 1.807) is 14.2 Å².